The second-order valence-corrected chi connectivity index (χ2v) is 4.98. The fourth-order valence-electron chi connectivity index (χ4n) is 1.96. The lowest BCUT2D eigenvalue weighted by atomic mass is 10.1. The van der Waals surface area contributed by atoms with E-state index in [1.54, 1.807) is 6.07 Å². The molecule has 0 saturated carbocycles. The van der Waals surface area contributed by atoms with Crippen LogP contribution in [-0.2, 0) is 7.05 Å². The summed E-state index contributed by atoms with van der Waals surface area (Å²) in [7, 11) is 4.25. The Morgan fingerprint density at radius 1 is 1.38 bits per heavy atom. The molecule has 0 aliphatic rings. The van der Waals surface area contributed by atoms with Gasteiger partial charge in [-0.3, -0.25) is 4.68 Å². The predicted molar refractivity (Wildman–Crippen MR) is 76.4 cm³/mol. The molecular weight excluding hydrogens is 347 g/mol. The van der Waals surface area contributed by atoms with Crippen molar-refractivity contribution in [2.75, 3.05) is 14.2 Å². The maximum atomic E-state index is 14.6. The summed E-state index contributed by atoms with van der Waals surface area (Å²) < 4.78 is 26.4. The Morgan fingerprint density at radius 3 is 2.52 bits per heavy atom. The summed E-state index contributed by atoms with van der Waals surface area (Å²) in [6, 6.07) is 2.84. The highest BCUT2D eigenvalue weighted by atomic mass is 79.9. The number of aromatic nitrogens is 2. The molecule has 112 valence electrons. The molecule has 6 nitrogen and oxygen atoms in total. The summed E-state index contributed by atoms with van der Waals surface area (Å²) in [5.41, 5.74) is 0.279. The Hall–Kier alpha value is -2.09. The Labute approximate surface area is 128 Å². The van der Waals surface area contributed by atoms with Crippen LogP contribution in [-0.4, -0.2) is 35.1 Å². The van der Waals surface area contributed by atoms with Crippen molar-refractivity contribution in [2.24, 2.45) is 7.05 Å². The highest BCUT2D eigenvalue weighted by Crippen LogP contribution is 2.41. The van der Waals surface area contributed by atoms with Crippen LogP contribution in [0.25, 0.3) is 11.3 Å². The molecule has 21 heavy (non-hydrogen) atoms. The summed E-state index contributed by atoms with van der Waals surface area (Å²) in [6.07, 6.45) is 0. The van der Waals surface area contributed by atoms with E-state index in [0.29, 0.717) is 10.2 Å². The summed E-state index contributed by atoms with van der Waals surface area (Å²) in [6.45, 7) is 0. The van der Waals surface area contributed by atoms with Crippen LogP contribution in [0, 0.1) is 5.82 Å². The van der Waals surface area contributed by atoms with Crippen LogP contribution in [0.5, 0.6) is 11.5 Å². The van der Waals surface area contributed by atoms with Gasteiger partial charge in [0.1, 0.15) is 0 Å². The number of hydrogen-bond acceptors (Lipinski definition) is 4. The minimum absolute atomic E-state index is 0.0613. The highest BCUT2D eigenvalue weighted by molar-refractivity contribution is 9.10. The van der Waals surface area contributed by atoms with Gasteiger partial charge < -0.3 is 14.6 Å². The molecule has 1 N–H and O–H groups in total. The SMILES string of the molecule is COc1cc(Br)c(-c2cc(C(=O)O)nn2C)c(F)c1OC. The van der Waals surface area contributed by atoms with E-state index < -0.39 is 11.8 Å². The molecule has 2 rings (SSSR count). The average Bonchev–Trinajstić information content (AvgIpc) is 2.80. The van der Waals surface area contributed by atoms with Crippen molar-refractivity contribution in [1.82, 2.24) is 9.78 Å². The van der Waals surface area contributed by atoms with E-state index in [1.165, 1.54) is 32.0 Å². The van der Waals surface area contributed by atoms with E-state index in [1.807, 2.05) is 0 Å². The molecule has 0 fully saturated rings. The Morgan fingerprint density at radius 2 is 2.05 bits per heavy atom. The second-order valence-electron chi connectivity index (χ2n) is 4.13. The zero-order valence-corrected chi connectivity index (χ0v) is 13.1. The molecule has 0 amide bonds. The number of hydrogen-bond donors (Lipinski definition) is 1. The summed E-state index contributed by atoms with van der Waals surface area (Å²) in [5, 5.41) is 12.8. The van der Waals surface area contributed by atoms with Gasteiger partial charge >= 0.3 is 5.97 Å². The Balaban J connectivity index is 2.72. The Kier molecular flexibility index (Phi) is 4.17. The van der Waals surface area contributed by atoms with Crippen molar-refractivity contribution in [3.05, 3.63) is 28.1 Å². The molecule has 8 heteroatoms. The summed E-state index contributed by atoms with van der Waals surface area (Å²) >= 11 is 3.26. The Bertz CT molecular complexity index is 715. The van der Waals surface area contributed by atoms with Gasteiger partial charge in [-0.25, -0.2) is 9.18 Å². The minimum Gasteiger partial charge on any atom is -0.493 e. The molecule has 0 atom stereocenters. The minimum atomic E-state index is -1.19. The number of rotatable bonds is 4. The van der Waals surface area contributed by atoms with Crippen molar-refractivity contribution in [3.8, 4) is 22.8 Å². The van der Waals surface area contributed by atoms with Crippen LogP contribution in [0.2, 0.25) is 0 Å². The zero-order valence-electron chi connectivity index (χ0n) is 11.5. The molecule has 2 aromatic rings. The normalized spacial score (nSPS) is 10.5. The molecule has 0 spiro atoms. The van der Waals surface area contributed by atoms with E-state index in [4.69, 9.17) is 14.6 Å². The van der Waals surface area contributed by atoms with Gasteiger partial charge in [0, 0.05) is 11.5 Å². The number of carboxylic acid groups (broad SMARTS) is 1. The number of ether oxygens (including phenoxy) is 2. The number of halogens is 2. The summed E-state index contributed by atoms with van der Waals surface area (Å²) in [4.78, 5) is 11.0. The van der Waals surface area contributed by atoms with Crippen molar-refractivity contribution >= 4 is 21.9 Å². The fraction of sp³-hybridized carbons (Fsp3) is 0.231. The van der Waals surface area contributed by atoms with Crippen LogP contribution < -0.4 is 9.47 Å². The van der Waals surface area contributed by atoms with Gasteiger partial charge in [-0.2, -0.15) is 5.10 Å². The first-order chi connectivity index (χ1) is 9.90. The smallest absolute Gasteiger partial charge is 0.356 e. The number of benzene rings is 1. The highest BCUT2D eigenvalue weighted by Gasteiger charge is 2.23. The molecule has 1 aromatic heterocycles. The van der Waals surface area contributed by atoms with Crippen molar-refractivity contribution < 1.29 is 23.8 Å². The molecular formula is C13H12BrFN2O4. The lowest BCUT2D eigenvalue weighted by Crippen LogP contribution is -2.01. The van der Waals surface area contributed by atoms with E-state index in [9.17, 15) is 9.18 Å². The summed E-state index contributed by atoms with van der Waals surface area (Å²) in [5.74, 6) is -1.68. The standard InChI is InChI=1S/C13H12BrFN2O4/c1-17-8(5-7(16-17)13(18)19)10-6(14)4-9(20-2)12(21-3)11(10)15/h4-5H,1-3H3,(H,18,19). The van der Waals surface area contributed by atoms with Crippen LogP contribution in [0.15, 0.2) is 16.6 Å². The molecule has 0 bridgehead atoms. The van der Waals surface area contributed by atoms with E-state index in [2.05, 4.69) is 21.0 Å². The monoisotopic (exact) mass is 358 g/mol. The molecule has 1 heterocycles. The maximum Gasteiger partial charge on any atom is 0.356 e. The first-order valence-corrected chi connectivity index (χ1v) is 6.57. The molecule has 0 radical (unpaired) electrons. The molecule has 0 aliphatic heterocycles. The van der Waals surface area contributed by atoms with Crippen LogP contribution in [0.3, 0.4) is 0 Å². The molecule has 0 aliphatic carbocycles. The van der Waals surface area contributed by atoms with Gasteiger partial charge in [0.2, 0.25) is 0 Å². The predicted octanol–water partition coefficient (Wildman–Crippen LogP) is 2.70. The van der Waals surface area contributed by atoms with Crippen molar-refractivity contribution in [1.29, 1.82) is 0 Å². The topological polar surface area (TPSA) is 73.6 Å². The van der Waals surface area contributed by atoms with Gasteiger partial charge in [0.15, 0.2) is 23.0 Å². The lowest BCUT2D eigenvalue weighted by molar-refractivity contribution is 0.0689. The maximum absolute atomic E-state index is 14.6. The largest absolute Gasteiger partial charge is 0.493 e. The average molecular weight is 359 g/mol. The number of carbonyl (C=O) groups is 1. The van der Waals surface area contributed by atoms with E-state index in [-0.39, 0.29) is 22.8 Å². The number of carboxylic acids is 1. The van der Waals surface area contributed by atoms with Crippen molar-refractivity contribution in [2.45, 2.75) is 0 Å². The third-order valence-corrected chi connectivity index (χ3v) is 3.54. The van der Waals surface area contributed by atoms with Gasteiger partial charge in [-0.1, -0.05) is 0 Å². The first kappa shape index (κ1) is 15.3. The third-order valence-electron chi connectivity index (χ3n) is 2.92. The molecule has 1 aromatic carbocycles. The zero-order chi connectivity index (χ0) is 15.7. The lowest BCUT2D eigenvalue weighted by Gasteiger charge is -2.13. The number of nitrogens with zero attached hydrogens (tertiary/aromatic N) is 2. The van der Waals surface area contributed by atoms with Gasteiger partial charge in [0.25, 0.3) is 0 Å². The third kappa shape index (κ3) is 2.58. The number of methoxy groups -OCH3 is 2. The quantitative estimate of drug-likeness (QED) is 0.909. The van der Waals surface area contributed by atoms with Gasteiger partial charge in [-0.05, 0) is 28.1 Å². The van der Waals surface area contributed by atoms with Gasteiger partial charge in [0.05, 0.1) is 25.5 Å². The molecule has 0 unspecified atom stereocenters. The molecule has 0 saturated heterocycles. The van der Waals surface area contributed by atoms with Gasteiger partial charge in [-0.15, -0.1) is 0 Å². The van der Waals surface area contributed by atoms with Crippen LogP contribution >= 0.6 is 15.9 Å². The van der Waals surface area contributed by atoms with Crippen LogP contribution in [0.4, 0.5) is 4.39 Å². The van der Waals surface area contributed by atoms with Crippen LogP contribution in [0.1, 0.15) is 10.5 Å². The number of aryl methyl sites for hydroxylation is 1. The fourth-order valence-corrected chi connectivity index (χ4v) is 2.55. The second kappa shape index (κ2) is 5.72. The van der Waals surface area contributed by atoms with Crippen molar-refractivity contribution in [3.63, 3.8) is 0 Å². The van der Waals surface area contributed by atoms with E-state index >= 15 is 0 Å². The van der Waals surface area contributed by atoms with E-state index in [0.717, 1.165) is 0 Å². The first-order valence-electron chi connectivity index (χ1n) is 5.78. The number of aromatic carboxylic acids is 1.